The van der Waals surface area contributed by atoms with Crippen molar-refractivity contribution in [1.82, 2.24) is 15.2 Å². The Balaban J connectivity index is 2.11. The predicted molar refractivity (Wildman–Crippen MR) is 105 cm³/mol. The van der Waals surface area contributed by atoms with Gasteiger partial charge in [-0.3, -0.25) is 10.1 Å². The summed E-state index contributed by atoms with van der Waals surface area (Å²) in [5.74, 6) is 0.799. The highest BCUT2D eigenvalue weighted by atomic mass is 16.3. The molecule has 3 rings (SSSR count). The van der Waals surface area contributed by atoms with Gasteiger partial charge in [-0.2, -0.15) is 5.10 Å². The number of benzene rings is 1. The Kier molecular flexibility index (Phi) is 5.99. The largest absolute Gasteiger partial charge is 0.391 e. The fourth-order valence-electron chi connectivity index (χ4n) is 2.99. The van der Waals surface area contributed by atoms with Crippen molar-refractivity contribution in [3.63, 3.8) is 0 Å². The predicted octanol–water partition coefficient (Wildman–Crippen LogP) is 2.67. The van der Waals surface area contributed by atoms with Crippen molar-refractivity contribution in [3.8, 4) is 22.4 Å². The molecule has 1 unspecified atom stereocenters. The van der Waals surface area contributed by atoms with Gasteiger partial charge in [0.05, 0.1) is 17.4 Å². The molecule has 1 atom stereocenters. The van der Waals surface area contributed by atoms with E-state index < -0.39 is 6.10 Å². The van der Waals surface area contributed by atoms with Gasteiger partial charge in [-0.15, -0.1) is 0 Å². The van der Waals surface area contributed by atoms with Crippen LogP contribution >= 0.6 is 0 Å². The van der Waals surface area contributed by atoms with E-state index in [4.69, 9.17) is 5.73 Å². The normalized spacial score (nSPS) is 12.1. The number of pyridine rings is 1. The third kappa shape index (κ3) is 3.92. The molecule has 0 aliphatic rings. The van der Waals surface area contributed by atoms with Gasteiger partial charge in [-0.25, -0.2) is 0 Å². The fraction of sp³-hybridized carbons (Fsp3) is 0.300. The molecule has 26 heavy (non-hydrogen) atoms. The van der Waals surface area contributed by atoms with Gasteiger partial charge >= 0.3 is 0 Å². The molecule has 0 fully saturated rings. The molecule has 4 N–H and O–H groups in total. The van der Waals surface area contributed by atoms with Crippen molar-refractivity contribution in [2.45, 2.75) is 19.4 Å². The number of aliphatic hydroxyl groups excluding tert-OH is 1. The van der Waals surface area contributed by atoms with E-state index in [0.29, 0.717) is 26.1 Å². The van der Waals surface area contributed by atoms with Gasteiger partial charge in [0.25, 0.3) is 0 Å². The van der Waals surface area contributed by atoms with Crippen LogP contribution in [0.1, 0.15) is 13.3 Å². The van der Waals surface area contributed by atoms with E-state index in [1.165, 1.54) is 0 Å². The SMILES string of the molecule is CCC(O)CN(CCN)c1n[nH]c(-c2ccccc2)c1-c1ccncc1. The molecule has 0 radical (unpaired) electrons. The quantitative estimate of drug-likeness (QED) is 0.580. The lowest BCUT2D eigenvalue weighted by molar-refractivity contribution is 0.175. The zero-order chi connectivity index (χ0) is 18.4. The number of hydrogen-bond donors (Lipinski definition) is 3. The van der Waals surface area contributed by atoms with Crippen LogP contribution in [0.4, 0.5) is 5.82 Å². The summed E-state index contributed by atoms with van der Waals surface area (Å²) in [6, 6.07) is 14.0. The molecule has 6 nitrogen and oxygen atoms in total. The fourth-order valence-corrected chi connectivity index (χ4v) is 2.99. The molecular weight excluding hydrogens is 326 g/mol. The third-order valence-electron chi connectivity index (χ3n) is 4.38. The van der Waals surface area contributed by atoms with Crippen molar-refractivity contribution in [3.05, 3.63) is 54.9 Å². The van der Waals surface area contributed by atoms with E-state index in [0.717, 1.165) is 28.2 Å². The summed E-state index contributed by atoms with van der Waals surface area (Å²) in [4.78, 5) is 6.17. The van der Waals surface area contributed by atoms with E-state index >= 15 is 0 Å². The summed E-state index contributed by atoms with van der Waals surface area (Å²) in [6.07, 6.45) is 3.80. The van der Waals surface area contributed by atoms with Crippen molar-refractivity contribution in [2.75, 3.05) is 24.5 Å². The number of aliphatic hydroxyl groups is 1. The summed E-state index contributed by atoms with van der Waals surface area (Å²) in [6.45, 7) is 3.56. The van der Waals surface area contributed by atoms with Gasteiger partial charge in [0, 0.05) is 37.6 Å². The first-order valence-electron chi connectivity index (χ1n) is 8.91. The Bertz CT molecular complexity index is 804. The van der Waals surface area contributed by atoms with E-state index in [-0.39, 0.29) is 0 Å². The molecule has 0 bridgehead atoms. The smallest absolute Gasteiger partial charge is 0.159 e. The molecule has 136 valence electrons. The molecule has 0 aliphatic heterocycles. The number of H-pyrrole nitrogens is 1. The number of anilines is 1. The zero-order valence-electron chi connectivity index (χ0n) is 15.0. The van der Waals surface area contributed by atoms with Crippen molar-refractivity contribution >= 4 is 5.82 Å². The second-order valence-corrected chi connectivity index (χ2v) is 6.20. The maximum Gasteiger partial charge on any atom is 0.159 e. The number of nitrogens with two attached hydrogens (primary N) is 1. The first-order valence-corrected chi connectivity index (χ1v) is 8.91. The van der Waals surface area contributed by atoms with Crippen molar-refractivity contribution in [2.24, 2.45) is 5.73 Å². The molecule has 6 heteroatoms. The minimum Gasteiger partial charge on any atom is -0.391 e. The number of nitrogens with one attached hydrogen (secondary N) is 1. The molecule has 0 saturated heterocycles. The molecule has 0 amide bonds. The van der Waals surface area contributed by atoms with Crippen LogP contribution < -0.4 is 10.6 Å². The second-order valence-electron chi connectivity index (χ2n) is 6.20. The van der Waals surface area contributed by atoms with E-state index in [9.17, 15) is 5.11 Å². The Morgan fingerprint density at radius 1 is 1.12 bits per heavy atom. The molecule has 0 aliphatic carbocycles. The molecule has 0 saturated carbocycles. The number of aromatic amines is 1. The van der Waals surface area contributed by atoms with Crippen LogP contribution in [0.3, 0.4) is 0 Å². The first kappa shape index (κ1) is 18.1. The molecule has 2 aromatic heterocycles. The molecular formula is C20H25N5O. The van der Waals surface area contributed by atoms with Crippen LogP contribution in [0.15, 0.2) is 54.9 Å². The molecule has 2 heterocycles. The van der Waals surface area contributed by atoms with Crippen LogP contribution in [0.5, 0.6) is 0 Å². The highest BCUT2D eigenvalue weighted by Gasteiger charge is 2.22. The summed E-state index contributed by atoms with van der Waals surface area (Å²) in [5.41, 5.74) is 9.84. The number of aromatic nitrogens is 3. The van der Waals surface area contributed by atoms with Crippen LogP contribution in [0.25, 0.3) is 22.4 Å². The lowest BCUT2D eigenvalue weighted by atomic mass is 10.0. The van der Waals surface area contributed by atoms with Gasteiger partial charge in [0.2, 0.25) is 0 Å². The summed E-state index contributed by atoms with van der Waals surface area (Å²) in [5, 5.41) is 17.9. The zero-order valence-corrected chi connectivity index (χ0v) is 15.0. The number of hydrogen-bond acceptors (Lipinski definition) is 5. The van der Waals surface area contributed by atoms with Gasteiger partial charge in [-0.05, 0) is 24.1 Å². The highest BCUT2D eigenvalue weighted by molar-refractivity contribution is 5.88. The van der Waals surface area contributed by atoms with Crippen LogP contribution in [0, 0.1) is 0 Å². The standard InChI is InChI=1S/C20H25N5O/c1-2-17(26)14-25(13-10-21)20-18(15-8-11-22-12-9-15)19(23-24-20)16-6-4-3-5-7-16/h3-9,11-12,17,26H,2,10,13-14,21H2,1H3,(H,23,24). The Morgan fingerprint density at radius 3 is 2.50 bits per heavy atom. The van der Waals surface area contributed by atoms with Gasteiger partial charge in [0.15, 0.2) is 5.82 Å². The minimum atomic E-state index is -0.427. The second kappa shape index (κ2) is 8.60. The first-order chi connectivity index (χ1) is 12.7. The molecule has 1 aromatic carbocycles. The average Bonchev–Trinajstić information content (AvgIpc) is 3.14. The Morgan fingerprint density at radius 2 is 1.85 bits per heavy atom. The van der Waals surface area contributed by atoms with Crippen LogP contribution in [-0.4, -0.2) is 46.0 Å². The third-order valence-corrected chi connectivity index (χ3v) is 4.38. The van der Waals surface area contributed by atoms with Crippen molar-refractivity contribution < 1.29 is 5.11 Å². The van der Waals surface area contributed by atoms with Crippen LogP contribution in [-0.2, 0) is 0 Å². The topological polar surface area (TPSA) is 91.1 Å². The van der Waals surface area contributed by atoms with E-state index in [1.54, 1.807) is 12.4 Å². The van der Waals surface area contributed by atoms with Crippen molar-refractivity contribution in [1.29, 1.82) is 0 Å². The Hall–Kier alpha value is -2.70. The summed E-state index contributed by atoms with van der Waals surface area (Å²) < 4.78 is 0. The van der Waals surface area contributed by atoms with E-state index in [2.05, 4.69) is 27.3 Å². The maximum atomic E-state index is 10.2. The summed E-state index contributed by atoms with van der Waals surface area (Å²) >= 11 is 0. The van der Waals surface area contributed by atoms with Crippen LogP contribution in [0.2, 0.25) is 0 Å². The number of rotatable bonds is 8. The maximum absolute atomic E-state index is 10.2. The average molecular weight is 351 g/mol. The summed E-state index contributed by atoms with van der Waals surface area (Å²) in [7, 11) is 0. The van der Waals surface area contributed by atoms with E-state index in [1.807, 2.05) is 42.2 Å². The minimum absolute atomic E-state index is 0.427. The number of nitrogens with zero attached hydrogens (tertiary/aromatic N) is 3. The molecule has 0 spiro atoms. The highest BCUT2D eigenvalue weighted by Crippen LogP contribution is 2.37. The molecule has 3 aromatic rings. The monoisotopic (exact) mass is 351 g/mol. The lowest BCUT2D eigenvalue weighted by Gasteiger charge is -2.25. The van der Waals surface area contributed by atoms with Gasteiger partial charge in [0.1, 0.15) is 0 Å². The van der Waals surface area contributed by atoms with Gasteiger partial charge in [-0.1, -0.05) is 37.3 Å². The lowest BCUT2D eigenvalue weighted by Crippen LogP contribution is -2.36. The van der Waals surface area contributed by atoms with Gasteiger partial charge < -0.3 is 15.7 Å². The Labute approximate surface area is 153 Å².